The van der Waals surface area contributed by atoms with Crippen molar-refractivity contribution < 1.29 is 24.5 Å². The third kappa shape index (κ3) is 5.10. The summed E-state index contributed by atoms with van der Waals surface area (Å²) >= 11 is 8.46. The van der Waals surface area contributed by atoms with Crippen molar-refractivity contribution in [3.63, 3.8) is 0 Å². The predicted molar refractivity (Wildman–Crippen MR) is 136 cm³/mol. The number of thioether (sulfide) groups is 1. The first-order valence-electron chi connectivity index (χ1n) is 11.4. The average molecular weight is 563 g/mol. The number of rotatable bonds is 7. The first-order chi connectivity index (χ1) is 17.9. The Morgan fingerprint density at radius 2 is 2.27 bits per heavy atom. The van der Waals surface area contributed by atoms with E-state index in [1.807, 2.05) is 0 Å². The second-order valence-electron chi connectivity index (χ2n) is 8.44. The predicted octanol–water partition coefficient (Wildman–Crippen LogP) is 1.70. The van der Waals surface area contributed by atoms with Gasteiger partial charge in [-0.2, -0.15) is 0 Å². The molecule has 11 nitrogen and oxygen atoms in total. The molecule has 3 aromatic rings. The number of methoxy groups -OCH3 is 1. The quantitative estimate of drug-likeness (QED) is 0.409. The van der Waals surface area contributed by atoms with Crippen LogP contribution in [0.4, 0.5) is 0 Å². The first kappa shape index (κ1) is 26.1. The summed E-state index contributed by atoms with van der Waals surface area (Å²) in [5.74, 6) is 2.35. The molecule has 2 N–H and O–H groups in total. The molecule has 5 heterocycles. The van der Waals surface area contributed by atoms with Crippen LogP contribution in [0, 0.1) is 12.3 Å². The van der Waals surface area contributed by atoms with Crippen LogP contribution in [0.1, 0.15) is 28.5 Å². The average Bonchev–Trinajstić information content (AvgIpc) is 3.52. The summed E-state index contributed by atoms with van der Waals surface area (Å²) in [6, 6.07) is 0.928. The summed E-state index contributed by atoms with van der Waals surface area (Å²) in [5.41, 5.74) is 0.485. The Balaban J connectivity index is 1.48. The van der Waals surface area contributed by atoms with Crippen molar-refractivity contribution in [2.75, 3.05) is 26.8 Å². The van der Waals surface area contributed by atoms with Crippen molar-refractivity contribution in [3.8, 4) is 23.0 Å². The maximum atomic E-state index is 13.0. The van der Waals surface area contributed by atoms with E-state index in [0.717, 1.165) is 6.42 Å². The molecular weight excluding hydrogens is 540 g/mol. The van der Waals surface area contributed by atoms with E-state index in [4.69, 9.17) is 27.5 Å². The van der Waals surface area contributed by atoms with E-state index >= 15 is 0 Å². The van der Waals surface area contributed by atoms with Crippen molar-refractivity contribution >= 4 is 40.6 Å². The molecule has 5 rings (SSSR count). The SMILES string of the molecule is C#Cc1cnc(C(=O)N2CCC2)c(S[C@H]2OC(CO)[C@H](O)C(n3cc(-c4nc(Cl)cs4)nn3)C2OC)c1. The Bertz CT molecular complexity index is 1320. The van der Waals surface area contributed by atoms with Crippen LogP contribution >= 0.6 is 34.7 Å². The molecule has 3 aromatic heterocycles. The molecule has 0 bridgehead atoms. The fourth-order valence-electron chi connectivity index (χ4n) is 4.17. The van der Waals surface area contributed by atoms with Gasteiger partial charge < -0.3 is 24.6 Å². The van der Waals surface area contributed by atoms with Crippen LogP contribution < -0.4 is 0 Å². The summed E-state index contributed by atoms with van der Waals surface area (Å²) in [6.45, 7) is 0.890. The van der Waals surface area contributed by atoms with Gasteiger partial charge in [-0.25, -0.2) is 14.6 Å². The van der Waals surface area contributed by atoms with E-state index in [1.165, 1.54) is 41.1 Å². The van der Waals surface area contributed by atoms with Crippen LogP contribution in [0.2, 0.25) is 5.15 Å². The number of carbonyl (C=O) groups is 1. The van der Waals surface area contributed by atoms with Crippen LogP contribution in [0.3, 0.4) is 0 Å². The van der Waals surface area contributed by atoms with Crippen LogP contribution in [-0.4, -0.2) is 96.5 Å². The number of hydrogen-bond acceptors (Lipinski definition) is 11. The molecule has 5 atom stereocenters. The molecule has 0 spiro atoms. The van der Waals surface area contributed by atoms with Crippen molar-refractivity contribution in [1.29, 1.82) is 0 Å². The van der Waals surface area contributed by atoms with Crippen LogP contribution in [-0.2, 0) is 9.47 Å². The molecule has 2 saturated heterocycles. The van der Waals surface area contributed by atoms with E-state index in [-0.39, 0.29) is 11.6 Å². The highest BCUT2D eigenvalue weighted by Crippen LogP contribution is 2.41. The number of pyridine rings is 1. The number of hydrogen-bond donors (Lipinski definition) is 2. The van der Waals surface area contributed by atoms with Crippen molar-refractivity contribution in [2.45, 2.75) is 41.1 Å². The third-order valence-electron chi connectivity index (χ3n) is 6.22. The van der Waals surface area contributed by atoms with E-state index in [2.05, 4.69) is 26.2 Å². The zero-order valence-electron chi connectivity index (χ0n) is 19.6. The Hall–Kier alpha value is -2.57. The van der Waals surface area contributed by atoms with Gasteiger partial charge in [0.05, 0.1) is 12.8 Å². The number of thiazole rings is 1. The zero-order valence-corrected chi connectivity index (χ0v) is 22.0. The molecule has 0 radical (unpaired) electrons. The molecule has 0 aromatic carbocycles. The van der Waals surface area contributed by atoms with Crippen molar-refractivity contribution in [3.05, 3.63) is 40.3 Å². The molecular formula is C23H23ClN6O5S2. The number of amides is 1. The molecule has 1 amide bonds. The number of aliphatic hydroxyl groups excluding tert-OH is 2. The summed E-state index contributed by atoms with van der Waals surface area (Å²) in [7, 11) is 1.49. The third-order valence-corrected chi connectivity index (χ3v) is 8.58. The number of ether oxygens (including phenoxy) is 2. The number of likely N-dealkylation sites (tertiary alicyclic amines) is 1. The number of nitrogens with zero attached hydrogens (tertiary/aromatic N) is 6. The van der Waals surface area contributed by atoms with Crippen LogP contribution in [0.15, 0.2) is 28.7 Å². The maximum Gasteiger partial charge on any atom is 0.273 e. The van der Waals surface area contributed by atoms with E-state index in [1.54, 1.807) is 22.5 Å². The fourth-order valence-corrected chi connectivity index (χ4v) is 6.37. The number of terminal acetylenes is 1. The Labute approximate surface area is 225 Å². The minimum absolute atomic E-state index is 0.194. The minimum atomic E-state index is -1.17. The smallest absolute Gasteiger partial charge is 0.273 e. The number of aromatic nitrogens is 5. The van der Waals surface area contributed by atoms with Crippen molar-refractivity contribution in [1.82, 2.24) is 29.9 Å². The highest BCUT2D eigenvalue weighted by atomic mass is 35.5. The first-order valence-corrected chi connectivity index (χ1v) is 13.5. The lowest BCUT2D eigenvalue weighted by atomic mass is 9.97. The van der Waals surface area contributed by atoms with Crippen molar-refractivity contribution in [2.24, 2.45) is 0 Å². The maximum absolute atomic E-state index is 13.0. The molecule has 2 aliphatic rings. The zero-order chi connectivity index (χ0) is 26.1. The van der Waals surface area contributed by atoms with E-state index in [9.17, 15) is 15.0 Å². The molecule has 3 unspecified atom stereocenters. The molecule has 2 fully saturated rings. The minimum Gasteiger partial charge on any atom is -0.394 e. The monoisotopic (exact) mass is 562 g/mol. The topological polar surface area (TPSA) is 136 Å². The molecule has 2 aliphatic heterocycles. The normalized spacial score (nSPS) is 25.5. The summed E-state index contributed by atoms with van der Waals surface area (Å²) < 4.78 is 13.3. The lowest BCUT2D eigenvalue weighted by Gasteiger charge is -2.43. The highest BCUT2D eigenvalue weighted by Gasteiger charge is 2.48. The van der Waals surface area contributed by atoms with Gasteiger partial charge in [-0.1, -0.05) is 34.5 Å². The van der Waals surface area contributed by atoms with Gasteiger partial charge in [-0.3, -0.25) is 4.79 Å². The van der Waals surface area contributed by atoms with Gasteiger partial charge in [0.25, 0.3) is 5.91 Å². The Kier molecular flexibility index (Phi) is 7.77. The molecule has 14 heteroatoms. The van der Waals surface area contributed by atoms with Gasteiger partial charge in [0.15, 0.2) is 0 Å². The lowest BCUT2D eigenvalue weighted by Crippen LogP contribution is -2.55. The van der Waals surface area contributed by atoms with Crippen LogP contribution in [0.5, 0.6) is 0 Å². The largest absolute Gasteiger partial charge is 0.394 e. The fraction of sp³-hybridized carbons (Fsp3) is 0.435. The van der Waals surface area contributed by atoms with Gasteiger partial charge in [-0.05, 0) is 12.5 Å². The Morgan fingerprint density at radius 1 is 1.46 bits per heavy atom. The molecule has 194 valence electrons. The number of aliphatic hydroxyl groups is 2. The van der Waals surface area contributed by atoms with Gasteiger partial charge in [0.1, 0.15) is 51.3 Å². The second-order valence-corrected chi connectivity index (χ2v) is 10.8. The highest BCUT2D eigenvalue weighted by molar-refractivity contribution is 8.00. The number of halogens is 1. The standard InChI is InChI=1S/C23H23ClN6O5S2/c1-3-12-7-15(17(25-8-12)22(33)29-5-4-6-29)37-23-20(34-2)18(19(32)14(10-31)35-23)30-9-13(27-28-30)21-26-16(24)11-36-21/h1,7-9,11,14,18-20,23,31-32H,4-6,10H2,2H3/t14?,18?,19-,20?,23+/m0/s1. The Morgan fingerprint density at radius 3 is 2.89 bits per heavy atom. The molecule has 37 heavy (non-hydrogen) atoms. The molecule has 0 saturated carbocycles. The van der Waals surface area contributed by atoms with E-state index in [0.29, 0.717) is 39.4 Å². The molecule has 0 aliphatic carbocycles. The summed E-state index contributed by atoms with van der Waals surface area (Å²) in [5, 5.41) is 32.1. The van der Waals surface area contributed by atoms with Crippen LogP contribution in [0.25, 0.3) is 10.7 Å². The van der Waals surface area contributed by atoms with Gasteiger partial charge >= 0.3 is 0 Å². The number of carbonyl (C=O) groups excluding carboxylic acids is 1. The summed E-state index contributed by atoms with van der Waals surface area (Å²) in [4.78, 5) is 23.8. The van der Waals surface area contributed by atoms with E-state index < -0.39 is 36.4 Å². The van der Waals surface area contributed by atoms with Gasteiger partial charge in [0, 0.05) is 42.2 Å². The van der Waals surface area contributed by atoms with Gasteiger partial charge in [0.2, 0.25) is 0 Å². The van der Waals surface area contributed by atoms with Gasteiger partial charge in [-0.15, -0.1) is 22.9 Å². The second kappa shape index (κ2) is 11.0. The lowest BCUT2D eigenvalue weighted by molar-refractivity contribution is -0.186. The summed E-state index contributed by atoms with van der Waals surface area (Å²) in [6.07, 6.45) is 6.79.